The smallest absolute Gasteiger partial charge is 0.246 e. The van der Waals surface area contributed by atoms with Crippen LogP contribution < -0.4 is 15.5 Å². The quantitative estimate of drug-likeness (QED) is 0.429. The van der Waals surface area contributed by atoms with Gasteiger partial charge in [0.15, 0.2) is 6.35 Å². The number of carbonyl (C=O) groups is 2. The van der Waals surface area contributed by atoms with Crippen molar-refractivity contribution in [3.63, 3.8) is 0 Å². The Morgan fingerprint density at radius 1 is 1.24 bits per heavy atom. The predicted molar refractivity (Wildman–Crippen MR) is 157 cm³/mol. The summed E-state index contributed by atoms with van der Waals surface area (Å²) in [5.41, 5.74) is 1.07. The van der Waals surface area contributed by atoms with E-state index in [1.54, 1.807) is 21.9 Å². The number of hydrogen-bond donors (Lipinski definition) is 3. The average molecular weight is 578 g/mol. The van der Waals surface area contributed by atoms with Gasteiger partial charge in [0, 0.05) is 50.4 Å². The minimum absolute atomic E-state index is 0.00999. The van der Waals surface area contributed by atoms with Crippen molar-refractivity contribution in [2.45, 2.75) is 74.6 Å². The van der Waals surface area contributed by atoms with E-state index in [0.717, 1.165) is 30.6 Å². The number of benzene rings is 1. The van der Waals surface area contributed by atoms with E-state index >= 15 is 0 Å². The Bertz CT molecular complexity index is 1270. The Kier molecular flexibility index (Phi) is 8.02. The Morgan fingerprint density at radius 3 is 2.81 bits per heavy atom. The zero-order valence-electron chi connectivity index (χ0n) is 24.7. The van der Waals surface area contributed by atoms with Gasteiger partial charge in [-0.15, -0.1) is 0 Å². The van der Waals surface area contributed by atoms with E-state index in [-0.39, 0.29) is 48.2 Å². The highest BCUT2D eigenvalue weighted by molar-refractivity contribution is 6.08. The number of ether oxygens (including phenoxy) is 1. The summed E-state index contributed by atoms with van der Waals surface area (Å²) >= 11 is 0. The molecule has 11 nitrogen and oxygen atoms in total. The second-order valence-electron chi connectivity index (χ2n) is 12.7. The van der Waals surface area contributed by atoms with Crippen LogP contribution in [0.3, 0.4) is 0 Å². The number of hydrogen-bond acceptors (Lipinski definition) is 9. The first kappa shape index (κ1) is 29.1. The Labute approximate surface area is 248 Å². The van der Waals surface area contributed by atoms with Crippen LogP contribution in [-0.2, 0) is 19.7 Å². The first-order chi connectivity index (χ1) is 20.3. The molecule has 3 saturated heterocycles. The number of rotatable bonds is 6. The largest absolute Gasteiger partial charge is 0.508 e. The van der Waals surface area contributed by atoms with E-state index in [4.69, 9.17) is 4.74 Å². The molecule has 4 fully saturated rings. The normalized spacial score (nSPS) is 35.2. The molecule has 4 aliphatic heterocycles. The van der Waals surface area contributed by atoms with Crippen molar-refractivity contribution >= 4 is 17.5 Å². The third kappa shape index (κ3) is 4.99. The molecule has 42 heavy (non-hydrogen) atoms. The van der Waals surface area contributed by atoms with Gasteiger partial charge in [0.05, 0.1) is 36.7 Å². The molecule has 0 radical (unpaired) electrons. The van der Waals surface area contributed by atoms with Crippen molar-refractivity contribution in [3.05, 3.63) is 36.4 Å². The summed E-state index contributed by atoms with van der Waals surface area (Å²) in [6.45, 7) is 7.11. The number of carbonyl (C=O) groups excluding carboxylic acids is 2. The summed E-state index contributed by atoms with van der Waals surface area (Å²) < 4.78 is 6.49. The number of nitrogens with zero attached hydrogens (tertiary/aromatic N) is 5. The van der Waals surface area contributed by atoms with Crippen LogP contribution in [0.1, 0.15) is 44.1 Å². The molecule has 11 heteroatoms. The van der Waals surface area contributed by atoms with Gasteiger partial charge in [-0.25, -0.2) is 0 Å². The summed E-state index contributed by atoms with van der Waals surface area (Å²) in [7, 11) is 3.96. The number of phenols is 1. The summed E-state index contributed by atoms with van der Waals surface area (Å²) in [6, 6.07) is 7.66. The number of fused-ring (bicyclic) bond motifs is 3. The van der Waals surface area contributed by atoms with Crippen LogP contribution >= 0.6 is 0 Å². The number of piperazine rings is 1. The lowest BCUT2D eigenvalue weighted by atomic mass is 9.63. The summed E-state index contributed by atoms with van der Waals surface area (Å²) in [4.78, 5) is 34.6. The first-order valence-electron chi connectivity index (χ1n) is 15.3. The lowest BCUT2D eigenvalue weighted by Gasteiger charge is -2.54. The lowest BCUT2D eigenvalue weighted by Crippen LogP contribution is -2.73. The fourth-order valence-electron chi connectivity index (χ4n) is 8.20. The van der Waals surface area contributed by atoms with E-state index < -0.39 is 11.8 Å². The maximum atomic E-state index is 13.8. The molecule has 6 rings (SSSR count). The maximum absolute atomic E-state index is 13.8. The molecule has 1 aromatic carbocycles. The SMILES string of the molecule is C=CC(=O)N1CCN(C2NC(OC[C@@H]3CCCN3C)NC3C[C@@]4(CCC32)C(=O)N(C)c2ccc(O)cc24)C[C@@H]1CC#N. The Hall–Kier alpha value is -3.01. The highest BCUT2D eigenvalue weighted by Crippen LogP contribution is 2.52. The van der Waals surface area contributed by atoms with Crippen LogP contribution in [0.15, 0.2) is 30.9 Å². The van der Waals surface area contributed by atoms with Gasteiger partial charge in [-0.1, -0.05) is 6.58 Å². The van der Waals surface area contributed by atoms with Gasteiger partial charge >= 0.3 is 0 Å². The molecule has 2 amide bonds. The van der Waals surface area contributed by atoms with E-state index in [1.807, 2.05) is 13.1 Å². The molecule has 7 atom stereocenters. The molecule has 1 spiro atoms. The molecule has 0 bridgehead atoms. The molecule has 4 heterocycles. The minimum atomic E-state index is -0.701. The van der Waals surface area contributed by atoms with E-state index in [2.05, 4.69) is 40.1 Å². The molecule has 5 aliphatic rings. The second-order valence-corrected chi connectivity index (χ2v) is 12.7. The lowest BCUT2D eigenvalue weighted by molar-refractivity contribution is -0.137. The summed E-state index contributed by atoms with van der Waals surface area (Å²) in [5.74, 6) is 0.299. The van der Waals surface area contributed by atoms with Gasteiger partial charge in [0.1, 0.15) is 5.75 Å². The van der Waals surface area contributed by atoms with Gasteiger partial charge in [-0.05, 0) is 75.5 Å². The molecular weight excluding hydrogens is 534 g/mol. The van der Waals surface area contributed by atoms with Crippen molar-refractivity contribution in [1.29, 1.82) is 5.26 Å². The predicted octanol–water partition coefficient (Wildman–Crippen LogP) is 1.30. The third-order valence-electron chi connectivity index (χ3n) is 10.5. The van der Waals surface area contributed by atoms with E-state index in [0.29, 0.717) is 45.1 Å². The zero-order chi connectivity index (χ0) is 29.6. The number of amides is 2. The fraction of sp³-hybridized carbons (Fsp3) is 0.645. The van der Waals surface area contributed by atoms with Crippen molar-refractivity contribution in [3.8, 4) is 11.8 Å². The molecule has 4 unspecified atom stereocenters. The highest BCUT2D eigenvalue weighted by Gasteiger charge is 2.57. The average Bonchev–Trinajstić information content (AvgIpc) is 3.49. The van der Waals surface area contributed by atoms with Crippen molar-refractivity contribution in [1.82, 2.24) is 25.3 Å². The van der Waals surface area contributed by atoms with Gasteiger partial charge < -0.3 is 24.5 Å². The van der Waals surface area contributed by atoms with Gasteiger partial charge in [-0.3, -0.25) is 25.1 Å². The molecule has 1 saturated carbocycles. The topological polar surface area (TPSA) is 124 Å². The van der Waals surface area contributed by atoms with Crippen LogP contribution in [0.4, 0.5) is 5.69 Å². The molecule has 3 N–H and O–H groups in total. The van der Waals surface area contributed by atoms with E-state index in [1.165, 1.54) is 12.5 Å². The molecular formula is C31H43N7O4. The molecule has 1 aliphatic carbocycles. The van der Waals surface area contributed by atoms with Crippen molar-refractivity contribution < 1.29 is 19.4 Å². The van der Waals surface area contributed by atoms with Crippen molar-refractivity contribution in [2.24, 2.45) is 5.92 Å². The molecule has 1 aromatic rings. The van der Waals surface area contributed by atoms with Gasteiger partial charge in [0.2, 0.25) is 11.8 Å². The first-order valence-corrected chi connectivity index (χ1v) is 15.3. The van der Waals surface area contributed by atoms with Crippen molar-refractivity contribution in [2.75, 3.05) is 51.8 Å². The fourth-order valence-corrected chi connectivity index (χ4v) is 8.20. The maximum Gasteiger partial charge on any atom is 0.246 e. The Balaban J connectivity index is 1.27. The third-order valence-corrected chi connectivity index (χ3v) is 10.5. The van der Waals surface area contributed by atoms with Crippen LogP contribution in [-0.4, -0.2) is 109 Å². The molecule has 226 valence electrons. The minimum Gasteiger partial charge on any atom is -0.508 e. The monoisotopic (exact) mass is 577 g/mol. The number of aromatic hydroxyl groups is 1. The van der Waals surface area contributed by atoms with Crippen LogP contribution in [0, 0.1) is 17.2 Å². The van der Waals surface area contributed by atoms with E-state index in [9.17, 15) is 20.0 Å². The summed E-state index contributed by atoms with van der Waals surface area (Å²) in [6.07, 6.45) is 5.51. The number of nitrogens with one attached hydrogen (secondary N) is 2. The standard InChI is InChI=1S/C31H43N7O4/c1-4-27(40)38-15-14-37(18-20(38)10-12-32)28-23-9-11-31(24-16-22(39)7-8-26(24)36(3)29(31)41)17-25(23)33-30(34-28)42-19-21-6-5-13-35(21)2/h4,7-8,16,20-21,23,25,28,30,33-34,39H,1,5-6,9-11,13-15,17-19H2,2-3H3/t20-,21-,23?,25?,28?,30?,31+/m0/s1. The summed E-state index contributed by atoms with van der Waals surface area (Å²) in [5, 5.41) is 27.4. The van der Waals surface area contributed by atoms with Gasteiger partial charge in [-0.2, -0.15) is 5.26 Å². The van der Waals surface area contributed by atoms with Gasteiger partial charge in [0.25, 0.3) is 0 Å². The highest BCUT2D eigenvalue weighted by atomic mass is 16.5. The number of likely N-dealkylation sites (N-methyl/N-ethyl adjacent to an activating group) is 2. The number of phenolic OH excluding ortho intramolecular Hbond substituents is 1. The van der Waals surface area contributed by atoms with Crippen LogP contribution in [0.25, 0.3) is 0 Å². The second kappa shape index (κ2) is 11.6. The Morgan fingerprint density at radius 2 is 2.07 bits per heavy atom. The van der Waals surface area contributed by atoms with Crippen LogP contribution in [0.5, 0.6) is 5.75 Å². The zero-order valence-corrected chi connectivity index (χ0v) is 24.7. The van der Waals surface area contributed by atoms with Crippen LogP contribution in [0.2, 0.25) is 0 Å². The molecule has 0 aromatic heterocycles. The number of nitriles is 1. The number of likely N-dealkylation sites (tertiary alicyclic amines) is 1. The number of anilines is 1.